The number of benzene rings is 1. The highest BCUT2D eigenvalue weighted by Crippen LogP contribution is 2.35. The fraction of sp³-hybridized carbons (Fsp3) is 0.435. The lowest BCUT2D eigenvalue weighted by atomic mass is 9.84. The molecule has 30 heavy (non-hydrogen) atoms. The van der Waals surface area contributed by atoms with Crippen molar-refractivity contribution in [2.45, 2.75) is 26.2 Å². The number of aromatic nitrogens is 2. The molecule has 0 spiro atoms. The molecule has 1 atom stereocenters. The van der Waals surface area contributed by atoms with Gasteiger partial charge in [-0.3, -0.25) is 4.90 Å². The first-order valence-corrected chi connectivity index (χ1v) is 10.6. The molecule has 0 bridgehead atoms. The van der Waals surface area contributed by atoms with Gasteiger partial charge in [0.1, 0.15) is 6.29 Å². The lowest BCUT2D eigenvalue weighted by Crippen LogP contribution is -2.46. The van der Waals surface area contributed by atoms with Crippen LogP contribution in [-0.4, -0.2) is 59.0 Å². The number of hydrogen-bond donors (Lipinski definition) is 2. The minimum atomic E-state index is -0.0856. The molecular weight excluding hydrogens is 378 g/mol. The Bertz CT molecular complexity index is 918. The second kappa shape index (κ2) is 8.83. The molecule has 1 fully saturated rings. The standard InChI is InChI=1S/C23H29N5O2/c1-16(2)21-20(30)8-3-17-15-24-23(26-22(17)21)25-18-4-6-19(7-5-18)28-11-9-27(10-12-28)13-14-29/h4-8,14-16,21,30H,3,9-13H2,1-2H3,(H,24,25,26). The topological polar surface area (TPSA) is 81.6 Å². The highest BCUT2D eigenvalue weighted by molar-refractivity contribution is 5.60. The van der Waals surface area contributed by atoms with Gasteiger partial charge in [-0.2, -0.15) is 0 Å². The molecular formula is C23H29N5O2. The van der Waals surface area contributed by atoms with E-state index in [2.05, 4.69) is 46.1 Å². The highest BCUT2D eigenvalue weighted by Gasteiger charge is 2.28. The first kappa shape index (κ1) is 20.3. The molecule has 2 heterocycles. The Kier molecular flexibility index (Phi) is 5.99. The van der Waals surface area contributed by atoms with Gasteiger partial charge in [0.25, 0.3) is 0 Å². The Morgan fingerprint density at radius 3 is 2.60 bits per heavy atom. The second-order valence-corrected chi connectivity index (χ2v) is 8.29. The maximum absolute atomic E-state index is 10.7. The Labute approximate surface area is 177 Å². The number of nitrogens with one attached hydrogen (secondary N) is 1. The van der Waals surface area contributed by atoms with Crippen LogP contribution in [0.5, 0.6) is 0 Å². The van der Waals surface area contributed by atoms with Crippen molar-refractivity contribution < 1.29 is 9.90 Å². The number of aliphatic hydroxyl groups excluding tert-OH is 1. The monoisotopic (exact) mass is 407 g/mol. The van der Waals surface area contributed by atoms with E-state index in [1.54, 1.807) is 0 Å². The van der Waals surface area contributed by atoms with Crippen LogP contribution in [0.2, 0.25) is 0 Å². The van der Waals surface area contributed by atoms with Crippen molar-refractivity contribution in [3.05, 3.63) is 53.6 Å². The Morgan fingerprint density at radius 1 is 1.20 bits per heavy atom. The molecule has 2 aliphatic rings. The maximum Gasteiger partial charge on any atom is 0.227 e. The van der Waals surface area contributed by atoms with Crippen LogP contribution in [0.15, 0.2) is 42.3 Å². The zero-order valence-corrected chi connectivity index (χ0v) is 17.6. The van der Waals surface area contributed by atoms with Crippen LogP contribution in [0.4, 0.5) is 17.3 Å². The summed E-state index contributed by atoms with van der Waals surface area (Å²) < 4.78 is 0. The number of allylic oxidation sites excluding steroid dienone is 2. The lowest BCUT2D eigenvalue weighted by Gasteiger charge is -2.35. The number of rotatable bonds is 6. The molecule has 1 aliphatic heterocycles. The molecule has 1 unspecified atom stereocenters. The fourth-order valence-corrected chi connectivity index (χ4v) is 4.22. The largest absolute Gasteiger partial charge is 0.512 e. The molecule has 1 aromatic carbocycles. The molecule has 158 valence electrons. The van der Waals surface area contributed by atoms with Gasteiger partial charge in [0.05, 0.1) is 23.9 Å². The fourth-order valence-electron chi connectivity index (χ4n) is 4.22. The van der Waals surface area contributed by atoms with Gasteiger partial charge in [-0.25, -0.2) is 9.97 Å². The second-order valence-electron chi connectivity index (χ2n) is 8.29. The minimum absolute atomic E-state index is 0.0856. The average Bonchev–Trinajstić information content (AvgIpc) is 2.75. The van der Waals surface area contributed by atoms with Gasteiger partial charge in [-0.05, 0) is 48.2 Å². The van der Waals surface area contributed by atoms with Crippen LogP contribution in [0.1, 0.15) is 31.0 Å². The van der Waals surface area contributed by atoms with E-state index >= 15 is 0 Å². The van der Waals surface area contributed by atoms with Gasteiger partial charge in [0.15, 0.2) is 0 Å². The summed E-state index contributed by atoms with van der Waals surface area (Å²) in [7, 11) is 0. The molecule has 4 rings (SSSR count). The summed E-state index contributed by atoms with van der Waals surface area (Å²) in [6.45, 7) is 8.35. The van der Waals surface area contributed by atoms with Gasteiger partial charge in [0, 0.05) is 43.8 Å². The summed E-state index contributed by atoms with van der Waals surface area (Å²) in [6.07, 6.45) is 5.36. The lowest BCUT2D eigenvalue weighted by molar-refractivity contribution is -0.108. The van der Waals surface area contributed by atoms with Gasteiger partial charge in [-0.15, -0.1) is 0 Å². The molecule has 7 nitrogen and oxygen atoms in total. The van der Waals surface area contributed by atoms with Crippen LogP contribution in [0.25, 0.3) is 0 Å². The molecule has 1 aromatic heterocycles. The van der Waals surface area contributed by atoms with Gasteiger partial charge >= 0.3 is 0 Å². The number of piperazine rings is 1. The maximum atomic E-state index is 10.7. The van der Waals surface area contributed by atoms with Crippen molar-refractivity contribution >= 4 is 23.6 Å². The van der Waals surface area contributed by atoms with Gasteiger partial charge < -0.3 is 20.1 Å². The summed E-state index contributed by atoms with van der Waals surface area (Å²) in [5.74, 6) is 1.12. The molecule has 0 amide bonds. The minimum Gasteiger partial charge on any atom is -0.512 e. The molecule has 7 heteroatoms. The van der Waals surface area contributed by atoms with Crippen molar-refractivity contribution in [1.29, 1.82) is 0 Å². The van der Waals surface area contributed by atoms with Crippen LogP contribution in [-0.2, 0) is 11.2 Å². The molecule has 1 saturated heterocycles. The number of carbonyl (C=O) groups excluding carboxylic acids is 1. The van der Waals surface area contributed by atoms with E-state index in [1.165, 1.54) is 5.69 Å². The van der Waals surface area contributed by atoms with E-state index in [4.69, 9.17) is 4.98 Å². The summed E-state index contributed by atoms with van der Waals surface area (Å²) >= 11 is 0. The number of aliphatic hydroxyl groups is 1. The van der Waals surface area contributed by atoms with E-state index in [0.717, 1.165) is 49.4 Å². The van der Waals surface area contributed by atoms with E-state index in [-0.39, 0.29) is 11.8 Å². The third-order valence-electron chi connectivity index (χ3n) is 5.90. The molecule has 0 saturated carbocycles. The Balaban J connectivity index is 1.44. The number of hydrogen-bond acceptors (Lipinski definition) is 7. The van der Waals surface area contributed by atoms with Crippen LogP contribution in [0, 0.1) is 5.92 Å². The van der Waals surface area contributed by atoms with Crippen molar-refractivity contribution in [2.24, 2.45) is 5.92 Å². The van der Waals surface area contributed by atoms with Crippen molar-refractivity contribution in [2.75, 3.05) is 42.9 Å². The van der Waals surface area contributed by atoms with Gasteiger partial charge in [0.2, 0.25) is 5.95 Å². The van der Waals surface area contributed by atoms with Crippen LogP contribution >= 0.6 is 0 Å². The predicted octanol–water partition coefficient (Wildman–Crippen LogP) is 3.28. The predicted molar refractivity (Wildman–Crippen MR) is 118 cm³/mol. The summed E-state index contributed by atoms with van der Waals surface area (Å²) in [5.41, 5.74) is 4.08. The molecule has 1 aliphatic carbocycles. The summed E-state index contributed by atoms with van der Waals surface area (Å²) in [6, 6.07) is 8.27. The third-order valence-corrected chi connectivity index (χ3v) is 5.90. The SMILES string of the molecule is CC(C)C1C(O)=CCc2cnc(Nc3ccc(N4CCN(CC=O)CC4)cc3)nc21. The van der Waals surface area contributed by atoms with E-state index in [0.29, 0.717) is 24.7 Å². The van der Waals surface area contributed by atoms with Crippen LogP contribution < -0.4 is 10.2 Å². The van der Waals surface area contributed by atoms with E-state index in [9.17, 15) is 9.90 Å². The number of carbonyl (C=O) groups is 1. The number of aldehydes is 1. The summed E-state index contributed by atoms with van der Waals surface area (Å²) in [5, 5.41) is 13.6. The number of nitrogens with zero attached hydrogens (tertiary/aromatic N) is 4. The third kappa shape index (κ3) is 4.31. The number of anilines is 3. The molecule has 0 radical (unpaired) electrons. The smallest absolute Gasteiger partial charge is 0.227 e. The quantitative estimate of drug-likeness (QED) is 0.711. The zero-order valence-electron chi connectivity index (χ0n) is 17.6. The average molecular weight is 408 g/mol. The Hall–Kier alpha value is -2.93. The number of fused-ring (bicyclic) bond motifs is 1. The normalized spacial score (nSPS) is 19.4. The molecule has 2 N–H and O–H groups in total. The molecule has 2 aromatic rings. The first-order chi connectivity index (χ1) is 14.5. The van der Waals surface area contributed by atoms with E-state index < -0.39 is 0 Å². The first-order valence-electron chi connectivity index (χ1n) is 10.6. The van der Waals surface area contributed by atoms with Gasteiger partial charge in [-0.1, -0.05) is 13.8 Å². The van der Waals surface area contributed by atoms with Crippen molar-refractivity contribution in [3.63, 3.8) is 0 Å². The summed E-state index contributed by atoms with van der Waals surface area (Å²) in [4.78, 5) is 24.4. The highest BCUT2D eigenvalue weighted by atomic mass is 16.3. The van der Waals surface area contributed by atoms with Crippen LogP contribution in [0.3, 0.4) is 0 Å². The van der Waals surface area contributed by atoms with Crippen molar-refractivity contribution in [1.82, 2.24) is 14.9 Å². The Morgan fingerprint density at radius 2 is 1.93 bits per heavy atom. The zero-order chi connectivity index (χ0) is 21.1. The van der Waals surface area contributed by atoms with Crippen molar-refractivity contribution in [3.8, 4) is 0 Å². The van der Waals surface area contributed by atoms with E-state index in [1.807, 2.05) is 24.4 Å².